The Bertz CT molecular complexity index is 443. The lowest BCUT2D eigenvalue weighted by molar-refractivity contribution is 0.934. The van der Waals surface area contributed by atoms with Gasteiger partial charge in [-0.25, -0.2) is 4.98 Å². The summed E-state index contributed by atoms with van der Waals surface area (Å²) in [6, 6.07) is 3.97. The van der Waals surface area contributed by atoms with Gasteiger partial charge in [-0.1, -0.05) is 11.8 Å². The van der Waals surface area contributed by atoms with Gasteiger partial charge in [-0.3, -0.25) is 4.98 Å². The minimum atomic E-state index is 0.218. The molecule has 0 aliphatic heterocycles. The molecule has 2 rings (SSSR count). The van der Waals surface area contributed by atoms with Crippen LogP contribution in [0.5, 0.6) is 0 Å². The van der Waals surface area contributed by atoms with E-state index in [9.17, 15) is 0 Å². The summed E-state index contributed by atoms with van der Waals surface area (Å²) < 4.78 is 5.12. The summed E-state index contributed by atoms with van der Waals surface area (Å²) in [6.45, 7) is 2.47. The first-order valence-corrected chi connectivity index (χ1v) is 6.52. The second-order valence-corrected chi connectivity index (χ2v) is 5.43. The van der Waals surface area contributed by atoms with Crippen LogP contribution in [0.2, 0.25) is 0 Å². The molecule has 0 saturated heterocycles. The third-order valence-corrected chi connectivity index (χ3v) is 4.20. The van der Waals surface area contributed by atoms with Crippen LogP contribution in [0, 0.1) is 6.92 Å². The Morgan fingerprint density at radius 2 is 2.19 bits per heavy atom. The SMILES string of the molecule is Cc1nsc(SC(CN)c2ccncc2)n1. The van der Waals surface area contributed by atoms with Crippen molar-refractivity contribution in [2.75, 3.05) is 6.54 Å². The summed E-state index contributed by atoms with van der Waals surface area (Å²) in [4.78, 5) is 8.32. The summed E-state index contributed by atoms with van der Waals surface area (Å²) in [7, 11) is 0. The lowest BCUT2D eigenvalue weighted by Crippen LogP contribution is -2.09. The summed E-state index contributed by atoms with van der Waals surface area (Å²) in [6.07, 6.45) is 3.56. The highest BCUT2D eigenvalue weighted by molar-refractivity contribution is 8.01. The fourth-order valence-electron chi connectivity index (χ4n) is 1.28. The van der Waals surface area contributed by atoms with Gasteiger partial charge in [0.15, 0.2) is 4.34 Å². The van der Waals surface area contributed by atoms with Gasteiger partial charge in [-0.05, 0) is 36.2 Å². The lowest BCUT2D eigenvalue weighted by Gasteiger charge is -2.11. The smallest absolute Gasteiger partial charge is 0.170 e. The Hall–Kier alpha value is -0.980. The van der Waals surface area contributed by atoms with Gasteiger partial charge in [0.2, 0.25) is 0 Å². The van der Waals surface area contributed by atoms with E-state index in [1.54, 1.807) is 24.2 Å². The molecule has 4 nitrogen and oxygen atoms in total. The van der Waals surface area contributed by atoms with Crippen LogP contribution in [0.3, 0.4) is 0 Å². The summed E-state index contributed by atoms with van der Waals surface area (Å²) >= 11 is 3.07. The van der Waals surface area contributed by atoms with E-state index in [0.29, 0.717) is 6.54 Å². The molecule has 1 unspecified atom stereocenters. The average Bonchev–Trinajstić information content (AvgIpc) is 2.73. The topological polar surface area (TPSA) is 64.7 Å². The van der Waals surface area contributed by atoms with Crippen LogP contribution >= 0.6 is 23.3 Å². The van der Waals surface area contributed by atoms with Gasteiger partial charge < -0.3 is 5.73 Å². The van der Waals surface area contributed by atoms with Crippen LogP contribution in [0.4, 0.5) is 0 Å². The maximum Gasteiger partial charge on any atom is 0.170 e. The third kappa shape index (κ3) is 2.78. The van der Waals surface area contributed by atoms with Crippen LogP contribution in [0.1, 0.15) is 16.6 Å². The number of hydrogen-bond donors (Lipinski definition) is 1. The zero-order chi connectivity index (χ0) is 11.4. The fraction of sp³-hybridized carbons (Fsp3) is 0.300. The van der Waals surface area contributed by atoms with Gasteiger partial charge in [-0.2, -0.15) is 4.37 Å². The molecule has 0 bridgehead atoms. The van der Waals surface area contributed by atoms with Crippen LogP contribution < -0.4 is 5.73 Å². The van der Waals surface area contributed by atoms with E-state index in [4.69, 9.17) is 5.73 Å². The van der Waals surface area contributed by atoms with E-state index in [2.05, 4.69) is 14.3 Å². The van der Waals surface area contributed by atoms with Crippen molar-refractivity contribution >= 4 is 23.3 Å². The fourth-order valence-corrected chi connectivity index (χ4v) is 3.15. The molecule has 84 valence electrons. The Labute approximate surface area is 102 Å². The van der Waals surface area contributed by atoms with Gasteiger partial charge >= 0.3 is 0 Å². The van der Waals surface area contributed by atoms with Crippen molar-refractivity contribution < 1.29 is 0 Å². The molecule has 16 heavy (non-hydrogen) atoms. The quantitative estimate of drug-likeness (QED) is 0.843. The van der Waals surface area contributed by atoms with Gasteiger partial charge in [-0.15, -0.1) is 0 Å². The Balaban J connectivity index is 2.12. The van der Waals surface area contributed by atoms with Gasteiger partial charge in [0.05, 0.1) is 0 Å². The van der Waals surface area contributed by atoms with E-state index in [1.165, 1.54) is 17.1 Å². The number of nitrogens with two attached hydrogens (primary N) is 1. The zero-order valence-electron chi connectivity index (χ0n) is 8.83. The molecule has 0 saturated carbocycles. The monoisotopic (exact) mass is 252 g/mol. The number of hydrogen-bond acceptors (Lipinski definition) is 6. The third-order valence-electron chi connectivity index (χ3n) is 2.04. The molecule has 0 amide bonds. The van der Waals surface area contributed by atoms with Crippen molar-refractivity contribution in [1.82, 2.24) is 14.3 Å². The molecule has 2 aromatic heterocycles. The molecule has 0 fully saturated rings. The highest BCUT2D eigenvalue weighted by Crippen LogP contribution is 2.34. The lowest BCUT2D eigenvalue weighted by atomic mass is 10.2. The van der Waals surface area contributed by atoms with Crippen molar-refractivity contribution in [1.29, 1.82) is 0 Å². The van der Waals surface area contributed by atoms with Crippen molar-refractivity contribution in [2.45, 2.75) is 16.5 Å². The highest BCUT2D eigenvalue weighted by Gasteiger charge is 2.13. The minimum absolute atomic E-state index is 0.218. The zero-order valence-corrected chi connectivity index (χ0v) is 10.5. The maximum absolute atomic E-state index is 5.77. The molecule has 0 aliphatic rings. The van der Waals surface area contributed by atoms with E-state index < -0.39 is 0 Å². The van der Waals surface area contributed by atoms with Crippen molar-refractivity contribution in [3.05, 3.63) is 35.9 Å². The summed E-state index contributed by atoms with van der Waals surface area (Å²) in [5.74, 6) is 0.818. The molecule has 0 aliphatic carbocycles. The molecule has 0 radical (unpaired) electrons. The predicted molar refractivity (Wildman–Crippen MR) is 66.5 cm³/mol. The average molecular weight is 252 g/mol. The summed E-state index contributed by atoms with van der Waals surface area (Å²) in [5, 5.41) is 0.218. The number of nitrogens with zero attached hydrogens (tertiary/aromatic N) is 3. The summed E-state index contributed by atoms with van der Waals surface area (Å²) in [5.41, 5.74) is 6.95. The van der Waals surface area contributed by atoms with Gasteiger partial charge in [0.1, 0.15) is 5.82 Å². The van der Waals surface area contributed by atoms with E-state index in [1.807, 2.05) is 19.1 Å². The van der Waals surface area contributed by atoms with Crippen LogP contribution in [0.25, 0.3) is 0 Å². The van der Waals surface area contributed by atoms with E-state index in [-0.39, 0.29) is 5.25 Å². The van der Waals surface area contributed by atoms with E-state index in [0.717, 1.165) is 10.2 Å². The first-order chi connectivity index (χ1) is 7.79. The number of aryl methyl sites for hydroxylation is 1. The van der Waals surface area contributed by atoms with Gasteiger partial charge in [0.25, 0.3) is 0 Å². The first kappa shape index (κ1) is 11.5. The van der Waals surface area contributed by atoms with Crippen LogP contribution in [-0.2, 0) is 0 Å². The number of rotatable bonds is 4. The molecule has 0 aromatic carbocycles. The molecular weight excluding hydrogens is 240 g/mol. The van der Waals surface area contributed by atoms with Crippen LogP contribution in [0.15, 0.2) is 28.9 Å². The Kier molecular flexibility index (Phi) is 3.87. The molecule has 2 N–H and O–H groups in total. The molecule has 2 heterocycles. The second-order valence-electron chi connectivity index (χ2n) is 3.23. The maximum atomic E-state index is 5.77. The highest BCUT2D eigenvalue weighted by atomic mass is 32.2. The number of aromatic nitrogens is 3. The van der Waals surface area contributed by atoms with Crippen molar-refractivity contribution in [3.63, 3.8) is 0 Å². The number of pyridine rings is 1. The van der Waals surface area contributed by atoms with Crippen molar-refractivity contribution in [3.8, 4) is 0 Å². The Morgan fingerprint density at radius 3 is 2.75 bits per heavy atom. The molecule has 1 atom stereocenters. The minimum Gasteiger partial charge on any atom is -0.329 e. The van der Waals surface area contributed by atoms with Gasteiger partial charge in [0, 0.05) is 24.2 Å². The van der Waals surface area contributed by atoms with Crippen LogP contribution in [-0.4, -0.2) is 20.9 Å². The molecule has 6 heteroatoms. The van der Waals surface area contributed by atoms with Crippen molar-refractivity contribution in [2.24, 2.45) is 5.73 Å². The predicted octanol–water partition coefficient (Wildman–Crippen LogP) is 2.03. The first-order valence-electron chi connectivity index (χ1n) is 4.86. The standard InChI is InChI=1S/C10H12N4S2/c1-7-13-10(16-14-7)15-9(6-11)8-2-4-12-5-3-8/h2-5,9H,6,11H2,1H3. The largest absolute Gasteiger partial charge is 0.329 e. The normalized spacial score (nSPS) is 12.6. The molecule has 2 aromatic rings. The molecular formula is C10H12N4S2. The second kappa shape index (κ2) is 5.38. The Morgan fingerprint density at radius 1 is 1.44 bits per heavy atom. The molecule has 0 spiro atoms. The number of thioether (sulfide) groups is 1. The van der Waals surface area contributed by atoms with E-state index >= 15 is 0 Å².